The van der Waals surface area contributed by atoms with E-state index in [1.54, 1.807) is 6.92 Å². The summed E-state index contributed by atoms with van der Waals surface area (Å²) in [4.78, 5) is 35.9. The molecule has 0 aliphatic carbocycles. The molecule has 0 bridgehead atoms. The molecule has 0 spiro atoms. The first kappa shape index (κ1) is 23.3. The molecule has 0 aliphatic rings. The second-order valence-corrected chi connectivity index (χ2v) is 6.32. The SMILES string of the molecule is CC[C@H](C)[C@H](NC(=O)[C@H](CCCCN)NC(=O)[C@@H](N)[C@@H](C)O)C(=O)O. The third-order valence-corrected chi connectivity index (χ3v) is 4.18. The number of carbonyl (C=O) groups is 3. The first-order chi connectivity index (χ1) is 11.6. The van der Waals surface area contributed by atoms with Crippen molar-refractivity contribution in [1.29, 1.82) is 0 Å². The number of carbonyl (C=O) groups excluding carboxylic acids is 2. The number of unbranched alkanes of at least 4 members (excludes halogenated alkanes) is 1. The number of nitrogens with two attached hydrogens (primary N) is 2. The van der Waals surface area contributed by atoms with Gasteiger partial charge >= 0.3 is 5.97 Å². The van der Waals surface area contributed by atoms with E-state index in [0.29, 0.717) is 32.2 Å². The number of hydrogen-bond acceptors (Lipinski definition) is 6. The molecule has 8 N–H and O–H groups in total. The minimum Gasteiger partial charge on any atom is -0.480 e. The molecule has 0 saturated carbocycles. The van der Waals surface area contributed by atoms with E-state index in [-0.39, 0.29) is 5.92 Å². The van der Waals surface area contributed by atoms with E-state index >= 15 is 0 Å². The first-order valence-corrected chi connectivity index (χ1v) is 8.62. The molecular weight excluding hydrogens is 328 g/mol. The lowest BCUT2D eigenvalue weighted by atomic mass is 9.98. The Balaban J connectivity index is 5.07. The van der Waals surface area contributed by atoms with Gasteiger partial charge in [0.25, 0.3) is 0 Å². The molecule has 9 nitrogen and oxygen atoms in total. The summed E-state index contributed by atoms with van der Waals surface area (Å²) >= 11 is 0. The lowest BCUT2D eigenvalue weighted by Gasteiger charge is -2.25. The number of nitrogens with one attached hydrogen (secondary N) is 2. The zero-order chi connectivity index (χ0) is 19.6. The number of aliphatic hydroxyl groups excluding tert-OH is 1. The Labute approximate surface area is 148 Å². The average molecular weight is 360 g/mol. The summed E-state index contributed by atoms with van der Waals surface area (Å²) in [5.74, 6) is -2.65. The van der Waals surface area contributed by atoms with Crippen molar-refractivity contribution >= 4 is 17.8 Å². The van der Waals surface area contributed by atoms with Gasteiger partial charge in [0.15, 0.2) is 0 Å². The van der Waals surface area contributed by atoms with Crippen molar-refractivity contribution in [1.82, 2.24) is 10.6 Å². The molecule has 0 saturated heterocycles. The van der Waals surface area contributed by atoms with Crippen LogP contribution in [0.1, 0.15) is 46.5 Å². The van der Waals surface area contributed by atoms with Crippen LogP contribution < -0.4 is 22.1 Å². The van der Waals surface area contributed by atoms with Gasteiger partial charge in [-0.25, -0.2) is 4.79 Å². The Morgan fingerprint density at radius 3 is 2.12 bits per heavy atom. The zero-order valence-corrected chi connectivity index (χ0v) is 15.2. The molecule has 0 aromatic rings. The van der Waals surface area contributed by atoms with Crippen LogP contribution >= 0.6 is 0 Å². The van der Waals surface area contributed by atoms with Gasteiger partial charge in [-0.1, -0.05) is 20.3 Å². The fraction of sp³-hybridized carbons (Fsp3) is 0.812. The fourth-order valence-electron chi connectivity index (χ4n) is 2.19. The topological polar surface area (TPSA) is 168 Å². The van der Waals surface area contributed by atoms with Crippen LogP contribution in [0.4, 0.5) is 0 Å². The minimum absolute atomic E-state index is 0.262. The third-order valence-electron chi connectivity index (χ3n) is 4.18. The normalized spacial score (nSPS) is 17.0. The second kappa shape index (κ2) is 11.8. The lowest BCUT2D eigenvalue weighted by Crippen LogP contribution is -2.57. The van der Waals surface area contributed by atoms with Crippen molar-refractivity contribution in [2.24, 2.45) is 17.4 Å². The summed E-state index contributed by atoms with van der Waals surface area (Å²) in [6, 6.07) is -3.15. The van der Waals surface area contributed by atoms with Crippen molar-refractivity contribution in [3.8, 4) is 0 Å². The van der Waals surface area contributed by atoms with Gasteiger partial charge < -0.3 is 32.3 Å². The number of carboxylic acid groups (broad SMARTS) is 1. The number of hydrogen-bond donors (Lipinski definition) is 6. The maximum Gasteiger partial charge on any atom is 0.326 e. The lowest BCUT2D eigenvalue weighted by molar-refractivity contribution is -0.143. The highest BCUT2D eigenvalue weighted by Gasteiger charge is 2.30. The summed E-state index contributed by atoms with van der Waals surface area (Å²) in [7, 11) is 0. The van der Waals surface area contributed by atoms with Gasteiger partial charge in [-0.3, -0.25) is 9.59 Å². The van der Waals surface area contributed by atoms with Gasteiger partial charge in [0, 0.05) is 0 Å². The molecule has 0 aromatic carbocycles. The molecule has 0 unspecified atom stereocenters. The predicted molar refractivity (Wildman–Crippen MR) is 93.5 cm³/mol. The summed E-state index contributed by atoms with van der Waals surface area (Å²) in [5, 5.41) is 23.7. The Bertz CT molecular complexity index is 444. The number of amides is 2. The molecule has 0 fully saturated rings. The summed E-state index contributed by atoms with van der Waals surface area (Å²) < 4.78 is 0. The summed E-state index contributed by atoms with van der Waals surface area (Å²) in [6.07, 6.45) is 1.05. The van der Waals surface area contributed by atoms with Gasteiger partial charge in [-0.15, -0.1) is 0 Å². The molecular formula is C16H32N4O5. The molecule has 0 heterocycles. The summed E-state index contributed by atoms with van der Waals surface area (Å²) in [6.45, 7) is 5.37. The van der Waals surface area contributed by atoms with Crippen molar-refractivity contribution in [3.63, 3.8) is 0 Å². The van der Waals surface area contributed by atoms with Gasteiger partial charge in [-0.2, -0.15) is 0 Å². The van der Waals surface area contributed by atoms with Crippen LogP contribution in [-0.4, -0.2) is 58.8 Å². The van der Waals surface area contributed by atoms with Crippen LogP contribution in [-0.2, 0) is 14.4 Å². The van der Waals surface area contributed by atoms with E-state index in [1.807, 2.05) is 6.92 Å². The zero-order valence-electron chi connectivity index (χ0n) is 15.2. The van der Waals surface area contributed by atoms with E-state index in [1.165, 1.54) is 6.92 Å². The highest BCUT2D eigenvalue weighted by Crippen LogP contribution is 2.09. The van der Waals surface area contributed by atoms with Gasteiger partial charge in [0.2, 0.25) is 11.8 Å². The highest BCUT2D eigenvalue weighted by molar-refractivity contribution is 5.91. The molecule has 0 rings (SSSR count). The smallest absolute Gasteiger partial charge is 0.326 e. The quantitative estimate of drug-likeness (QED) is 0.241. The Morgan fingerprint density at radius 2 is 1.68 bits per heavy atom. The predicted octanol–water partition coefficient (Wildman–Crippen LogP) is -1.08. The van der Waals surface area contributed by atoms with Crippen LogP contribution in [0.15, 0.2) is 0 Å². The average Bonchev–Trinajstić information content (AvgIpc) is 2.56. The van der Waals surface area contributed by atoms with Crippen molar-refractivity contribution in [3.05, 3.63) is 0 Å². The Hall–Kier alpha value is -1.71. The molecule has 0 radical (unpaired) electrons. The van der Waals surface area contributed by atoms with E-state index in [0.717, 1.165) is 0 Å². The van der Waals surface area contributed by atoms with Crippen molar-refractivity contribution in [2.45, 2.75) is 70.7 Å². The molecule has 146 valence electrons. The highest BCUT2D eigenvalue weighted by atomic mass is 16.4. The van der Waals surface area contributed by atoms with E-state index in [4.69, 9.17) is 11.5 Å². The maximum atomic E-state index is 12.5. The minimum atomic E-state index is -1.17. The molecule has 9 heteroatoms. The standard InChI is InChI=1S/C16H32N4O5/c1-4-9(2)13(16(24)25)20-14(22)11(7-5-6-8-17)19-15(23)12(18)10(3)21/h9-13,21H,4-8,17-18H2,1-3H3,(H,19,23)(H,20,22)(H,24,25)/t9-,10+,11-,12-,13-/m0/s1. The Morgan fingerprint density at radius 1 is 1.08 bits per heavy atom. The molecule has 5 atom stereocenters. The third kappa shape index (κ3) is 8.28. The van der Waals surface area contributed by atoms with Crippen LogP contribution in [0.3, 0.4) is 0 Å². The number of carboxylic acids is 1. The van der Waals surface area contributed by atoms with Crippen LogP contribution in [0, 0.1) is 5.92 Å². The second-order valence-electron chi connectivity index (χ2n) is 6.32. The van der Waals surface area contributed by atoms with Gasteiger partial charge in [0.1, 0.15) is 18.1 Å². The molecule has 0 aliphatic heterocycles. The summed E-state index contributed by atoms with van der Waals surface area (Å²) in [5.41, 5.74) is 11.0. The molecule has 0 aromatic heterocycles. The molecule has 25 heavy (non-hydrogen) atoms. The van der Waals surface area contributed by atoms with Crippen molar-refractivity contribution in [2.75, 3.05) is 6.54 Å². The number of aliphatic hydroxyl groups is 1. The number of aliphatic carboxylic acids is 1. The monoisotopic (exact) mass is 360 g/mol. The van der Waals surface area contributed by atoms with Crippen molar-refractivity contribution < 1.29 is 24.6 Å². The largest absolute Gasteiger partial charge is 0.480 e. The van der Waals surface area contributed by atoms with Crippen LogP contribution in [0.5, 0.6) is 0 Å². The van der Waals surface area contributed by atoms with E-state index in [2.05, 4.69) is 10.6 Å². The Kier molecular flexibility index (Phi) is 11.0. The van der Waals surface area contributed by atoms with Gasteiger partial charge in [0.05, 0.1) is 6.10 Å². The number of rotatable bonds is 12. The van der Waals surface area contributed by atoms with Gasteiger partial charge in [-0.05, 0) is 38.6 Å². The molecule has 2 amide bonds. The fourth-order valence-corrected chi connectivity index (χ4v) is 2.19. The van der Waals surface area contributed by atoms with E-state index < -0.39 is 42.0 Å². The maximum absolute atomic E-state index is 12.5. The van der Waals surface area contributed by atoms with Crippen LogP contribution in [0.25, 0.3) is 0 Å². The van der Waals surface area contributed by atoms with Crippen LogP contribution in [0.2, 0.25) is 0 Å². The first-order valence-electron chi connectivity index (χ1n) is 8.62. The van der Waals surface area contributed by atoms with E-state index in [9.17, 15) is 24.6 Å².